The smallest absolute Gasteiger partial charge is 0.317 e. The van der Waals surface area contributed by atoms with Crippen molar-refractivity contribution >= 4 is 11.8 Å². The summed E-state index contributed by atoms with van der Waals surface area (Å²) in [6, 6.07) is 0.172. The van der Waals surface area contributed by atoms with Gasteiger partial charge in [0, 0.05) is 31.5 Å². The van der Waals surface area contributed by atoms with E-state index in [4.69, 9.17) is 0 Å². The van der Waals surface area contributed by atoms with Crippen LogP contribution >= 0.6 is 0 Å². The van der Waals surface area contributed by atoms with E-state index in [9.17, 15) is 9.59 Å². The Labute approximate surface area is 96.4 Å². The van der Waals surface area contributed by atoms with Gasteiger partial charge in [0.15, 0.2) is 0 Å². The summed E-state index contributed by atoms with van der Waals surface area (Å²) in [5, 5.41) is 2.83. The highest BCUT2D eigenvalue weighted by Crippen LogP contribution is 2.33. The molecule has 0 aromatic heterocycles. The van der Waals surface area contributed by atoms with Gasteiger partial charge in [-0.1, -0.05) is 0 Å². The van der Waals surface area contributed by atoms with Crippen LogP contribution in [0.3, 0.4) is 0 Å². The largest absolute Gasteiger partial charge is 0.338 e. The monoisotopic (exact) mass is 224 g/mol. The minimum absolute atomic E-state index is 0.00435. The van der Waals surface area contributed by atoms with Gasteiger partial charge in [-0.25, -0.2) is 4.79 Å². The van der Waals surface area contributed by atoms with Crippen LogP contribution in [0.25, 0.3) is 0 Å². The normalized spacial score (nSPS) is 29.8. The molecule has 0 spiro atoms. The molecule has 0 bridgehead atoms. The minimum atomic E-state index is 0.00435. The highest BCUT2D eigenvalue weighted by atomic mass is 16.2. The first kappa shape index (κ1) is 11.4. The van der Waals surface area contributed by atoms with E-state index >= 15 is 0 Å². The second-order valence-corrected chi connectivity index (χ2v) is 4.70. The van der Waals surface area contributed by atoms with E-state index in [1.807, 2.05) is 11.8 Å². The van der Waals surface area contributed by atoms with Crippen molar-refractivity contribution in [1.82, 2.24) is 10.2 Å². The Morgan fingerprint density at radius 3 is 2.88 bits per heavy atom. The van der Waals surface area contributed by atoms with Crippen LogP contribution in [0.1, 0.15) is 39.0 Å². The fourth-order valence-corrected chi connectivity index (χ4v) is 2.97. The zero-order chi connectivity index (χ0) is 11.5. The Morgan fingerprint density at radius 1 is 1.44 bits per heavy atom. The molecule has 4 heteroatoms. The maximum absolute atomic E-state index is 11.8. The highest BCUT2D eigenvalue weighted by molar-refractivity contribution is 5.84. The van der Waals surface area contributed by atoms with Crippen LogP contribution in [0.2, 0.25) is 0 Å². The summed E-state index contributed by atoms with van der Waals surface area (Å²) in [5.41, 5.74) is 0. The van der Waals surface area contributed by atoms with Crippen LogP contribution in [-0.2, 0) is 4.79 Å². The number of amides is 2. The number of hydrogen-bond donors (Lipinski definition) is 1. The lowest BCUT2D eigenvalue weighted by atomic mass is 9.95. The summed E-state index contributed by atoms with van der Waals surface area (Å²) in [7, 11) is 0. The van der Waals surface area contributed by atoms with Crippen molar-refractivity contribution in [2.24, 2.45) is 5.92 Å². The molecule has 2 rings (SSSR count). The Morgan fingerprint density at radius 2 is 2.25 bits per heavy atom. The summed E-state index contributed by atoms with van der Waals surface area (Å²) in [4.78, 5) is 25.4. The first-order valence-electron chi connectivity index (χ1n) is 6.31. The average molecular weight is 224 g/mol. The van der Waals surface area contributed by atoms with Crippen molar-refractivity contribution in [3.05, 3.63) is 0 Å². The Kier molecular flexibility index (Phi) is 3.46. The molecule has 1 aliphatic carbocycles. The molecule has 2 aliphatic rings. The van der Waals surface area contributed by atoms with E-state index in [-0.39, 0.29) is 18.0 Å². The highest BCUT2D eigenvalue weighted by Gasteiger charge is 2.39. The number of rotatable bonds is 2. The third kappa shape index (κ3) is 2.06. The second kappa shape index (κ2) is 4.85. The molecule has 1 aliphatic heterocycles. The molecule has 1 N–H and O–H groups in total. The van der Waals surface area contributed by atoms with Crippen LogP contribution < -0.4 is 5.32 Å². The first-order chi connectivity index (χ1) is 7.74. The number of Topliss-reactive ketones (excluding diaryl/α,β-unsaturated/α-hetero) is 1. The minimum Gasteiger partial charge on any atom is -0.338 e. The topological polar surface area (TPSA) is 49.4 Å². The Bertz CT molecular complexity index is 291. The quantitative estimate of drug-likeness (QED) is 0.773. The molecular weight excluding hydrogens is 204 g/mol. The van der Waals surface area contributed by atoms with Crippen molar-refractivity contribution in [3.63, 3.8) is 0 Å². The van der Waals surface area contributed by atoms with E-state index in [0.29, 0.717) is 18.7 Å². The summed E-state index contributed by atoms with van der Waals surface area (Å²) in [5.74, 6) is 0.478. The molecular formula is C12H20N2O2. The van der Waals surface area contributed by atoms with Crippen molar-refractivity contribution in [1.29, 1.82) is 0 Å². The van der Waals surface area contributed by atoms with Crippen molar-refractivity contribution in [3.8, 4) is 0 Å². The number of likely N-dealkylation sites (tertiary alicyclic amines) is 1. The standard InChI is InChI=1S/C12H20N2O2/c1-2-13-12(16)14-8-4-6-10(14)9-5-3-7-11(9)15/h9-10H,2-8H2,1H3,(H,13,16). The molecule has 2 unspecified atom stereocenters. The van der Waals surface area contributed by atoms with Gasteiger partial charge in [-0.15, -0.1) is 0 Å². The van der Waals surface area contributed by atoms with Gasteiger partial charge in [0.1, 0.15) is 5.78 Å². The molecule has 0 aromatic rings. The summed E-state index contributed by atoms with van der Waals surface area (Å²) >= 11 is 0. The molecule has 0 aromatic carbocycles. The van der Waals surface area contributed by atoms with Gasteiger partial charge in [0.25, 0.3) is 0 Å². The zero-order valence-corrected chi connectivity index (χ0v) is 9.87. The molecule has 90 valence electrons. The van der Waals surface area contributed by atoms with Crippen molar-refractivity contribution in [2.45, 2.75) is 45.1 Å². The maximum atomic E-state index is 11.8. The fourth-order valence-electron chi connectivity index (χ4n) is 2.97. The van der Waals surface area contributed by atoms with Crippen LogP contribution in [0.15, 0.2) is 0 Å². The lowest BCUT2D eigenvalue weighted by Crippen LogP contribution is -2.46. The lowest BCUT2D eigenvalue weighted by Gasteiger charge is -2.28. The molecule has 16 heavy (non-hydrogen) atoms. The first-order valence-corrected chi connectivity index (χ1v) is 6.31. The molecule has 2 amide bonds. The SMILES string of the molecule is CCNC(=O)N1CCCC1C1CCCC1=O. The van der Waals surface area contributed by atoms with E-state index in [0.717, 1.165) is 32.2 Å². The van der Waals surface area contributed by atoms with E-state index in [1.165, 1.54) is 0 Å². The Hall–Kier alpha value is -1.06. The van der Waals surface area contributed by atoms with Crippen molar-refractivity contribution in [2.75, 3.05) is 13.1 Å². The number of carbonyl (C=O) groups excluding carboxylic acids is 2. The van der Waals surface area contributed by atoms with Crippen LogP contribution in [0.4, 0.5) is 4.79 Å². The summed E-state index contributed by atoms with van der Waals surface area (Å²) < 4.78 is 0. The van der Waals surface area contributed by atoms with Crippen LogP contribution in [-0.4, -0.2) is 35.8 Å². The van der Waals surface area contributed by atoms with Gasteiger partial charge < -0.3 is 10.2 Å². The number of carbonyl (C=O) groups is 2. The number of nitrogens with one attached hydrogen (secondary N) is 1. The van der Waals surface area contributed by atoms with Crippen LogP contribution in [0, 0.1) is 5.92 Å². The van der Waals surface area contributed by atoms with Crippen LogP contribution in [0.5, 0.6) is 0 Å². The molecule has 1 heterocycles. The predicted octanol–water partition coefficient (Wildman–Crippen LogP) is 1.55. The lowest BCUT2D eigenvalue weighted by molar-refractivity contribution is -0.121. The number of nitrogens with zero attached hydrogens (tertiary/aromatic N) is 1. The molecule has 0 radical (unpaired) electrons. The molecule has 1 saturated heterocycles. The number of urea groups is 1. The second-order valence-electron chi connectivity index (χ2n) is 4.70. The molecule has 2 fully saturated rings. The third-order valence-electron chi connectivity index (χ3n) is 3.70. The van der Waals surface area contributed by atoms with Crippen molar-refractivity contribution < 1.29 is 9.59 Å². The summed E-state index contributed by atoms with van der Waals surface area (Å²) in [6.45, 7) is 3.38. The van der Waals surface area contributed by atoms with Gasteiger partial charge >= 0.3 is 6.03 Å². The summed E-state index contributed by atoms with van der Waals surface area (Å²) in [6.07, 6.45) is 4.71. The van der Waals surface area contributed by atoms with Gasteiger partial charge in [0.2, 0.25) is 0 Å². The van der Waals surface area contributed by atoms with Gasteiger partial charge in [-0.3, -0.25) is 4.79 Å². The third-order valence-corrected chi connectivity index (χ3v) is 3.70. The van der Waals surface area contributed by atoms with E-state index in [1.54, 1.807) is 0 Å². The zero-order valence-electron chi connectivity index (χ0n) is 9.87. The number of hydrogen-bond acceptors (Lipinski definition) is 2. The number of ketones is 1. The predicted molar refractivity (Wildman–Crippen MR) is 61.1 cm³/mol. The molecule has 2 atom stereocenters. The van der Waals surface area contributed by atoms with E-state index < -0.39 is 0 Å². The Balaban J connectivity index is 2.02. The van der Waals surface area contributed by atoms with Gasteiger partial charge in [-0.05, 0) is 32.6 Å². The maximum Gasteiger partial charge on any atom is 0.317 e. The fraction of sp³-hybridized carbons (Fsp3) is 0.833. The molecule has 1 saturated carbocycles. The van der Waals surface area contributed by atoms with E-state index in [2.05, 4.69) is 5.32 Å². The van der Waals surface area contributed by atoms with Gasteiger partial charge in [0.05, 0.1) is 0 Å². The molecule has 4 nitrogen and oxygen atoms in total. The average Bonchev–Trinajstić information content (AvgIpc) is 2.85. The van der Waals surface area contributed by atoms with Gasteiger partial charge in [-0.2, -0.15) is 0 Å².